The number of carbonyl (C=O) groups is 1. The van der Waals surface area contributed by atoms with Crippen LogP contribution < -0.4 is 11.0 Å². The molecule has 2 rings (SSSR count). The number of nitrogens with zero attached hydrogens (tertiary/aromatic N) is 1. The second-order valence-corrected chi connectivity index (χ2v) is 5.55. The Hall–Kier alpha value is -2.50. The van der Waals surface area contributed by atoms with E-state index in [1.54, 1.807) is 13.0 Å². The molecule has 0 atom stereocenters. The van der Waals surface area contributed by atoms with E-state index < -0.39 is 5.69 Å². The molecule has 0 spiro atoms. The summed E-state index contributed by atoms with van der Waals surface area (Å²) in [7, 11) is 0. The summed E-state index contributed by atoms with van der Waals surface area (Å²) in [6.07, 6.45) is 0. The minimum absolute atomic E-state index is 0.137. The monoisotopic (exact) mass is 303 g/mol. The molecule has 0 aliphatic rings. The maximum Gasteiger partial charge on any atom is 0.346 e. The summed E-state index contributed by atoms with van der Waals surface area (Å²) in [5.41, 5.74) is 0.890. The first-order chi connectivity index (χ1) is 10.4. The van der Waals surface area contributed by atoms with Gasteiger partial charge in [0.05, 0.1) is 5.69 Å². The minimum atomic E-state index is -0.617. The van der Waals surface area contributed by atoms with Crippen LogP contribution in [0.2, 0.25) is 0 Å². The molecule has 0 radical (unpaired) electrons. The predicted octanol–water partition coefficient (Wildman–Crippen LogP) is 2.27. The summed E-state index contributed by atoms with van der Waals surface area (Å²) < 4.78 is 13.3. The number of benzene rings is 1. The van der Waals surface area contributed by atoms with Gasteiger partial charge >= 0.3 is 5.69 Å². The van der Waals surface area contributed by atoms with Gasteiger partial charge in [0.2, 0.25) is 0 Å². The molecule has 0 aliphatic carbocycles. The number of H-pyrrole nitrogens is 1. The summed E-state index contributed by atoms with van der Waals surface area (Å²) in [5, 5.41) is 2.73. The zero-order valence-corrected chi connectivity index (χ0v) is 12.7. The number of aromatic nitrogens is 2. The van der Waals surface area contributed by atoms with Crippen molar-refractivity contribution in [2.45, 2.75) is 20.8 Å². The van der Waals surface area contributed by atoms with Crippen LogP contribution in [0, 0.1) is 18.7 Å². The van der Waals surface area contributed by atoms with Gasteiger partial charge in [0.15, 0.2) is 0 Å². The summed E-state index contributed by atoms with van der Waals surface area (Å²) >= 11 is 0. The highest BCUT2D eigenvalue weighted by atomic mass is 19.1. The van der Waals surface area contributed by atoms with Crippen LogP contribution in [0.3, 0.4) is 0 Å². The van der Waals surface area contributed by atoms with Crippen LogP contribution in [-0.4, -0.2) is 22.4 Å². The second-order valence-electron chi connectivity index (χ2n) is 5.55. The Balaban J connectivity index is 2.36. The van der Waals surface area contributed by atoms with Crippen molar-refractivity contribution in [3.8, 4) is 11.3 Å². The molecule has 2 aromatic rings. The number of rotatable bonds is 4. The Kier molecular flexibility index (Phi) is 4.70. The molecule has 6 heteroatoms. The molecule has 22 heavy (non-hydrogen) atoms. The van der Waals surface area contributed by atoms with E-state index in [1.807, 2.05) is 13.8 Å². The van der Waals surface area contributed by atoms with E-state index in [2.05, 4.69) is 15.3 Å². The van der Waals surface area contributed by atoms with E-state index >= 15 is 0 Å². The lowest BCUT2D eigenvalue weighted by Gasteiger charge is -2.08. The van der Waals surface area contributed by atoms with Crippen LogP contribution in [0.5, 0.6) is 0 Å². The fraction of sp³-hybridized carbons (Fsp3) is 0.312. The molecular weight excluding hydrogens is 285 g/mol. The molecular formula is C16H18FN3O2. The Morgan fingerprint density at radius 3 is 2.73 bits per heavy atom. The van der Waals surface area contributed by atoms with Gasteiger partial charge in [0, 0.05) is 12.1 Å². The molecule has 1 aromatic heterocycles. The first-order valence-corrected chi connectivity index (χ1v) is 7.03. The number of hydrogen-bond acceptors (Lipinski definition) is 3. The standard InChI is InChI=1S/C16H18FN3O2/c1-9(2)8-18-15(21)14-7-13(19-16(22)20-14)11-4-5-12(17)10(3)6-11/h4-7,9H,8H2,1-3H3,(H,18,21)(H,19,20,22). The quantitative estimate of drug-likeness (QED) is 0.910. The fourth-order valence-corrected chi connectivity index (χ4v) is 1.92. The molecule has 0 saturated carbocycles. The second kappa shape index (κ2) is 6.51. The van der Waals surface area contributed by atoms with E-state index in [0.717, 1.165) is 0 Å². The number of aromatic amines is 1. The topological polar surface area (TPSA) is 74.8 Å². The van der Waals surface area contributed by atoms with Gasteiger partial charge in [-0.25, -0.2) is 9.18 Å². The lowest BCUT2D eigenvalue weighted by molar-refractivity contribution is 0.0943. The third-order valence-corrected chi connectivity index (χ3v) is 3.11. The number of halogens is 1. The lowest BCUT2D eigenvalue weighted by Crippen LogP contribution is -2.30. The highest BCUT2D eigenvalue weighted by Crippen LogP contribution is 2.19. The summed E-state index contributed by atoms with van der Waals surface area (Å²) in [6.45, 7) is 6.08. The highest BCUT2D eigenvalue weighted by molar-refractivity contribution is 5.93. The average Bonchev–Trinajstić information content (AvgIpc) is 2.46. The van der Waals surface area contributed by atoms with Crippen LogP contribution in [0.1, 0.15) is 29.9 Å². The zero-order valence-electron chi connectivity index (χ0n) is 12.7. The summed E-state index contributed by atoms with van der Waals surface area (Å²) in [4.78, 5) is 29.9. The molecule has 0 unspecified atom stereocenters. The van der Waals surface area contributed by atoms with E-state index in [-0.39, 0.29) is 17.4 Å². The number of aryl methyl sites for hydroxylation is 1. The van der Waals surface area contributed by atoms with Crippen LogP contribution in [-0.2, 0) is 0 Å². The highest BCUT2D eigenvalue weighted by Gasteiger charge is 2.11. The van der Waals surface area contributed by atoms with Crippen molar-refractivity contribution in [1.29, 1.82) is 0 Å². The van der Waals surface area contributed by atoms with Gasteiger partial charge in [-0.15, -0.1) is 0 Å². The van der Waals surface area contributed by atoms with Crippen LogP contribution >= 0.6 is 0 Å². The van der Waals surface area contributed by atoms with Crippen molar-refractivity contribution >= 4 is 5.91 Å². The lowest BCUT2D eigenvalue weighted by atomic mass is 10.1. The number of hydrogen-bond donors (Lipinski definition) is 2. The third-order valence-electron chi connectivity index (χ3n) is 3.11. The van der Waals surface area contributed by atoms with Gasteiger partial charge in [-0.3, -0.25) is 4.79 Å². The van der Waals surface area contributed by atoms with Crippen molar-refractivity contribution in [3.63, 3.8) is 0 Å². The minimum Gasteiger partial charge on any atom is -0.351 e. The fourth-order valence-electron chi connectivity index (χ4n) is 1.92. The van der Waals surface area contributed by atoms with E-state index in [1.165, 1.54) is 18.2 Å². The molecule has 0 bridgehead atoms. The number of nitrogens with one attached hydrogen (secondary N) is 2. The van der Waals surface area contributed by atoms with E-state index in [4.69, 9.17) is 0 Å². The van der Waals surface area contributed by atoms with E-state index in [0.29, 0.717) is 29.3 Å². The third kappa shape index (κ3) is 3.78. The SMILES string of the molecule is Cc1cc(-c2cc(C(=O)NCC(C)C)[nH]c(=O)n2)ccc1F. The largest absolute Gasteiger partial charge is 0.351 e. The zero-order chi connectivity index (χ0) is 16.3. The normalized spacial score (nSPS) is 10.8. The van der Waals surface area contributed by atoms with Crippen molar-refractivity contribution in [1.82, 2.24) is 15.3 Å². The molecule has 5 nitrogen and oxygen atoms in total. The maximum atomic E-state index is 13.3. The van der Waals surface area contributed by atoms with Crippen molar-refractivity contribution in [2.75, 3.05) is 6.54 Å². The molecule has 1 amide bonds. The molecule has 0 aliphatic heterocycles. The Bertz CT molecular complexity index is 753. The summed E-state index contributed by atoms with van der Waals surface area (Å²) in [6, 6.07) is 5.92. The smallest absolute Gasteiger partial charge is 0.346 e. The number of carbonyl (C=O) groups excluding carboxylic acids is 1. The molecule has 2 N–H and O–H groups in total. The first-order valence-electron chi connectivity index (χ1n) is 7.03. The maximum absolute atomic E-state index is 13.3. The predicted molar refractivity (Wildman–Crippen MR) is 82.2 cm³/mol. The summed E-state index contributed by atoms with van der Waals surface area (Å²) in [5.74, 6) is -0.395. The van der Waals surface area contributed by atoms with Crippen molar-refractivity contribution in [2.24, 2.45) is 5.92 Å². The van der Waals surface area contributed by atoms with Crippen molar-refractivity contribution < 1.29 is 9.18 Å². The van der Waals surface area contributed by atoms with Gasteiger partial charge in [0.25, 0.3) is 5.91 Å². The number of amides is 1. The molecule has 1 heterocycles. The molecule has 0 saturated heterocycles. The van der Waals surface area contributed by atoms with Crippen molar-refractivity contribution in [3.05, 3.63) is 51.8 Å². The van der Waals surface area contributed by atoms with Crippen LogP contribution in [0.15, 0.2) is 29.1 Å². The average molecular weight is 303 g/mol. The molecule has 116 valence electrons. The van der Waals surface area contributed by atoms with Gasteiger partial charge in [-0.1, -0.05) is 13.8 Å². The van der Waals surface area contributed by atoms with Gasteiger partial charge in [0.1, 0.15) is 11.5 Å². The van der Waals surface area contributed by atoms with Crippen LogP contribution in [0.25, 0.3) is 11.3 Å². The Morgan fingerprint density at radius 1 is 1.36 bits per heavy atom. The first kappa shape index (κ1) is 15.9. The molecule has 0 fully saturated rings. The molecule has 1 aromatic carbocycles. The Labute approximate surface area is 127 Å². The Morgan fingerprint density at radius 2 is 2.09 bits per heavy atom. The van der Waals surface area contributed by atoms with Gasteiger partial charge in [-0.05, 0) is 42.7 Å². The van der Waals surface area contributed by atoms with E-state index in [9.17, 15) is 14.0 Å². The van der Waals surface area contributed by atoms with Gasteiger partial charge in [-0.2, -0.15) is 4.98 Å². The van der Waals surface area contributed by atoms with Gasteiger partial charge < -0.3 is 10.3 Å². The van der Waals surface area contributed by atoms with Crippen LogP contribution in [0.4, 0.5) is 4.39 Å².